The zero-order valence-electron chi connectivity index (χ0n) is 25.8. The summed E-state index contributed by atoms with van der Waals surface area (Å²) in [5.74, 6) is -0.190. The van der Waals surface area contributed by atoms with Gasteiger partial charge in [-0.05, 0) is 73.1 Å². The maximum atomic E-state index is 14.0. The van der Waals surface area contributed by atoms with Crippen molar-refractivity contribution in [3.8, 4) is 0 Å². The lowest BCUT2D eigenvalue weighted by atomic mass is 10.0. The quantitative estimate of drug-likeness (QED) is 0.242. The number of carbonyl (C=O) groups is 2. The first kappa shape index (κ1) is 31.1. The van der Waals surface area contributed by atoms with Gasteiger partial charge in [0.1, 0.15) is 5.82 Å². The SMILES string of the molecule is Cc1cccc2c1N(C(=O)c1ccc(F)cc1)CCCN(Cc1ccccc1)CCCN(C(=O)c1cc(CC(C)C)no1)C2. The molecule has 5 rings (SSSR count). The highest BCUT2D eigenvalue weighted by Gasteiger charge is 2.27. The van der Waals surface area contributed by atoms with Crippen molar-refractivity contribution in [3.63, 3.8) is 0 Å². The maximum absolute atomic E-state index is 14.0. The van der Waals surface area contributed by atoms with Crippen LogP contribution in [0.15, 0.2) is 83.4 Å². The molecule has 0 N–H and O–H groups in total. The normalized spacial score (nSPS) is 15.0. The molecule has 1 aliphatic rings. The van der Waals surface area contributed by atoms with Gasteiger partial charge in [-0.1, -0.05) is 67.5 Å². The van der Waals surface area contributed by atoms with Crippen molar-refractivity contribution in [2.45, 2.75) is 53.1 Å². The average molecular weight is 597 g/mol. The van der Waals surface area contributed by atoms with Crippen LogP contribution < -0.4 is 4.90 Å². The third-order valence-electron chi connectivity index (χ3n) is 7.97. The number of rotatable bonds is 6. The number of hydrogen-bond acceptors (Lipinski definition) is 5. The lowest BCUT2D eigenvalue weighted by molar-refractivity contribution is 0.0691. The molecule has 44 heavy (non-hydrogen) atoms. The van der Waals surface area contributed by atoms with E-state index < -0.39 is 0 Å². The number of aryl methyl sites for hydroxylation is 1. The van der Waals surface area contributed by atoms with Crippen LogP contribution in [0.2, 0.25) is 0 Å². The first-order valence-corrected chi connectivity index (χ1v) is 15.5. The minimum atomic E-state index is -0.388. The molecule has 0 saturated heterocycles. The number of nitrogens with zero attached hydrogens (tertiary/aromatic N) is 4. The van der Waals surface area contributed by atoms with E-state index in [1.165, 1.54) is 29.8 Å². The minimum absolute atomic E-state index is 0.196. The lowest BCUT2D eigenvalue weighted by Gasteiger charge is -2.32. The van der Waals surface area contributed by atoms with E-state index >= 15 is 0 Å². The Morgan fingerprint density at radius 2 is 1.61 bits per heavy atom. The van der Waals surface area contributed by atoms with Crippen molar-refractivity contribution in [3.05, 3.63) is 118 Å². The summed E-state index contributed by atoms with van der Waals surface area (Å²) in [4.78, 5) is 33.9. The fraction of sp³-hybridized carbons (Fsp3) is 0.361. The van der Waals surface area contributed by atoms with Crippen LogP contribution in [0, 0.1) is 18.7 Å². The molecule has 230 valence electrons. The summed E-state index contributed by atoms with van der Waals surface area (Å²) in [6.45, 7) is 9.84. The van der Waals surface area contributed by atoms with Gasteiger partial charge < -0.3 is 14.3 Å². The number of para-hydroxylation sites is 1. The van der Waals surface area contributed by atoms with E-state index in [1.807, 2.05) is 43.3 Å². The van der Waals surface area contributed by atoms with Crippen molar-refractivity contribution in [1.82, 2.24) is 15.0 Å². The second-order valence-electron chi connectivity index (χ2n) is 12.0. The van der Waals surface area contributed by atoms with Crippen molar-refractivity contribution in [2.24, 2.45) is 5.92 Å². The largest absolute Gasteiger partial charge is 0.351 e. The van der Waals surface area contributed by atoms with Gasteiger partial charge in [-0.15, -0.1) is 0 Å². The molecule has 8 heteroatoms. The predicted molar refractivity (Wildman–Crippen MR) is 170 cm³/mol. The van der Waals surface area contributed by atoms with Crippen LogP contribution >= 0.6 is 0 Å². The van der Waals surface area contributed by atoms with Crippen molar-refractivity contribution in [2.75, 3.05) is 31.1 Å². The van der Waals surface area contributed by atoms with Crippen LogP contribution in [0.4, 0.5) is 10.1 Å². The molecule has 3 aromatic carbocycles. The Morgan fingerprint density at radius 3 is 2.34 bits per heavy atom. The third-order valence-corrected chi connectivity index (χ3v) is 7.97. The smallest absolute Gasteiger partial charge is 0.292 e. The molecule has 2 heterocycles. The van der Waals surface area contributed by atoms with Gasteiger partial charge in [-0.25, -0.2) is 4.39 Å². The van der Waals surface area contributed by atoms with Crippen molar-refractivity contribution in [1.29, 1.82) is 0 Å². The van der Waals surface area contributed by atoms with Crippen LogP contribution in [0.25, 0.3) is 0 Å². The van der Waals surface area contributed by atoms with Crippen LogP contribution in [0.1, 0.15) is 70.0 Å². The molecule has 0 spiro atoms. The van der Waals surface area contributed by atoms with Crippen LogP contribution in [0.3, 0.4) is 0 Å². The predicted octanol–water partition coefficient (Wildman–Crippen LogP) is 6.91. The second kappa shape index (κ2) is 14.4. The Labute approximate surface area is 259 Å². The van der Waals surface area contributed by atoms with E-state index in [-0.39, 0.29) is 23.4 Å². The Balaban J connectivity index is 1.51. The molecule has 0 aliphatic carbocycles. The summed E-state index contributed by atoms with van der Waals surface area (Å²) < 4.78 is 19.3. The standard InChI is InChI=1S/C36H41FN4O3/c1-26(2)22-32-23-33(44-38-32)36(43)40-20-8-18-39(24-28-11-5-4-6-12-28)19-9-21-41(34-27(3)10-7-13-30(34)25-40)35(42)29-14-16-31(37)17-15-29/h4-7,10-17,23,26H,8-9,18-22,24-25H2,1-3H3. The summed E-state index contributed by atoms with van der Waals surface area (Å²) in [6, 6.07) is 23.7. The Hall–Kier alpha value is -4.30. The second-order valence-corrected chi connectivity index (χ2v) is 12.0. The number of anilines is 1. The highest BCUT2D eigenvalue weighted by Crippen LogP contribution is 2.30. The molecule has 0 atom stereocenters. The Bertz CT molecular complexity index is 1550. The first-order valence-electron chi connectivity index (χ1n) is 15.5. The molecular weight excluding hydrogens is 555 g/mol. The molecular formula is C36H41FN4O3. The van der Waals surface area contributed by atoms with Gasteiger partial charge in [-0.2, -0.15) is 0 Å². The minimum Gasteiger partial charge on any atom is -0.351 e. The summed E-state index contributed by atoms with van der Waals surface area (Å²) in [7, 11) is 0. The molecule has 4 aromatic rings. The highest BCUT2D eigenvalue weighted by atomic mass is 19.1. The number of carbonyl (C=O) groups excluding carboxylic acids is 2. The van der Waals surface area contributed by atoms with Gasteiger partial charge in [0.05, 0.1) is 11.4 Å². The monoisotopic (exact) mass is 596 g/mol. The van der Waals surface area contributed by atoms with Gasteiger partial charge in [-0.3, -0.25) is 14.5 Å². The molecule has 7 nitrogen and oxygen atoms in total. The Morgan fingerprint density at radius 1 is 0.886 bits per heavy atom. The fourth-order valence-corrected chi connectivity index (χ4v) is 5.89. The third kappa shape index (κ3) is 7.80. The van der Waals surface area contributed by atoms with Crippen molar-refractivity contribution < 1.29 is 18.5 Å². The highest BCUT2D eigenvalue weighted by molar-refractivity contribution is 6.07. The van der Waals surface area contributed by atoms with Crippen LogP contribution in [-0.4, -0.2) is 52.9 Å². The number of hydrogen-bond donors (Lipinski definition) is 0. The van der Waals surface area contributed by atoms with E-state index in [0.717, 1.165) is 61.4 Å². The molecule has 1 aromatic heterocycles. The van der Waals surface area contributed by atoms with E-state index in [1.54, 1.807) is 15.9 Å². The summed E-state index contributed by atoms with van der Waals surface area (Å²) in [6.07, 6.45) is 2.27. The van der Waals surface area contributed by atoms with Gasteiger partial charge in [0.2, 0.25) is 5.76 Å². The van der Waals surface area contributed by atoms with E-state index in [4.69, 9.17) is 4.52 Å². The zero-order chi connectivity index (χ0) is 31.1. The van der Waals surface area contributed by atoms with E-state index in [9.17, 15) is 14.0 Å². The maximum Gasteiger partial charge on any atom is 0.292 e. The molecule has 2 amide bonds. The van der Waals surface area contributed by atoms with Crippen molar-refractivity contribution >= 4 is 17.5 Å². The summed E-state index contributed by atoms with van der Waals surface area (Å²) >= 11 is 0. The number of aromatic nitrogens is 1. The average Bonchev–Trinajstić information content (AvgIpc) is 3.46. The van der Waals surface area contributed by atoms with Gasteiger partial charge in [0.25, 0.3) is 11.8 Å². The lowest BCUT2D eigenvalue weighted by Crippen LogP contribution is -2.39. The number of halogens is 1. The van der Waals surface area contributed by atoms with E-state index in [2.05, 4.69) is 36.0 Å². The zero-order valence-corrected chi connectivity index (χ0v) is 25.8. The van der Waals surface area contributed by atoms with Crippen LogP contribution in [0.5, 0.6) is 0 Å². The summed E-state index contributed by atoms with van der Waals surface area (Å²) in [5, 5.41) is 4.16. The van der Waals surface area contributed by atoms with Gasteiger partial charge in [0, 0.05) is 50.9 Å². The Kier molecular flexibility index (Phi) is 10.2. The molecule has 1 aliphatic heterocycles. The molecule has 0 radical (unpaired) electrons. The van der Waals surface area contributed by atoms with Crippen LogP contribution in [-0.2, 0) is 19.5 Å². The molecule has 0 saturated carbocycles. The number of fused-ring (bicyclic) bond motifs is 1. The topological polar surface area (TPSA) is 69.9 Å². The van der Waals surface area contributed by atoms with E-state index in [0.29, 0.717) is 31.1 Å². The fourth-order valence-electron chi connectivity index (χ4n) is 5.89. The molecule has 0 bridgehead atoms. The van der Waals surface area contributed by atoms with Gasteiger partial charge >= 0.3 is 0 Å². The summed E-state index contributed by atoms with van der Waals surface area (Å²) in [5.41, 5.74) is 4.99. The van der Waals surface area contributed by atoms with Gasteiger partial charge in [0.15, 0.2) is 0 Å². The number of amides is 2. The first-order chi connectivity index (χ1) is 21.3. The molecule has 0 fully saturated rings. The molecule has 0 unspecified atom stereocenters. The number of benzene rings is 3.